The summed E-state index contributed by atoms with van der Waals surface area (Å²) in [6.07, 6.45) is 2.29. The Morgan fingerprint density at radius 3 is 1.21 bits per heavy atom. The van der Waals surface area contributed by atoms with Crippen LogP contribution in [0.15, 0.2) is 0 Å². The van der Waals surface area contributed by atoms with Gasteiger partial charge < -0.3 is 91.4 Å². The lowest BCUT2D eigenvalue weighted by atomic mass is 10.1. The Balaban J connectivity index is -0.000000224. The summed E-state index contributed by atoms with van der Waals surface area (Å²) in [5.74, 6) is -8.26. The van der Waals surface area contributed by atoms with Gasteiger partial charge in [-0.05, 0) is 45.1 Å². The predicted molar refractivity (Wildman–Crippen MR) is 224 cm³/mol. The quantitative estimate of drug-likeness (QED) is 0.0452. The summed E-state index contributed by atoms with van der Waals surface area (Å²) in [5, 5.41) is 57.5. The SMILES string of the molecule is CC(C)[C@H](NC(=O)CN)C(=O)O.CC(N)C(=O)NCC(=O)NCC(=O)O.CSCC[C@H](NC(=O)[C@H](C)N)C(=O)O.C[C@H](NC(=O)CN)C(=O)O.NCC(=O)NCC(=O)NCC(=O)O. The molecule has 0 saturated carbocycles. The van der Waals surface area contributed by atoms with Crippen molar-refractivity contribution in [2.75, 3.05) is 57.8 Å². The van der Waals surface area contributed by atoms with E-state index in [0.717, 1.165) is 0 Å². The molecule has 0 aliphatic heterocycles. The minimum atomic E-state index is -1.14. The summed E-state index contributed by atoms with van der Waals surface area (Å²) in [5.41, 5.74) is 25.4. The molecule has 0 heterocycles. The molecule has 364 valence electrons. The van der Waals surface area contributed by atoms with Gasteiger partial charge >= 0.3 is 29.8 Å². The van der Waals surface area contributed by atoms with Crippen molar-refractivity contribution >= 4 is 83.0 Å². The van der Waals surface area contributed by atoms with Crippen LogP contribution in [0.25, 0.3) is 0 Å². The first kappa shape index (κ1) is 65.9. The smallest absolute Gasteiger partial charge is 0.326 e. The largest absolute Gasteiger partial charge is 0.480 e. The van der Waals surface area contributed by atoms with E-state index in [4.69, 9.17) is 54.2 Å². The van der Waals surface area contributed by atoms with Gasteiger partial charge in [-0.25, -0.2) is 9.59 Å². The van der Waals surface area contributed by atoms with E-state index in [9.17, 15) is 57.5 Å². The summed E-state index contributed by atoms with van der Waals surface area (Å²) in [7, 11) is 0. The Labute approximate surface area is 366 Å². The molecule has 0 aliphatic carbocycles. The molecule has 0 radical (unpaired) electrons. The van der Waals surface area contributed by atoms with E-state index in [-0.39, 0.29) is 38.6 Å². The van der Waals surface area contributed by atoms with Gasteiger partial charge in [0.15, 0.2) is 0 Å². The number of thioether (sulfide) groups is 1. The van der Waals surface area contributed by atoms with E-state index in [0.29, 0.717) is 12.2 Å². The Morgan fingerprint density at radius 2 is 0.889 bits per heavy atom. The molecule has 29 nitrogen and oxygen atoms in total. The van der Waals surface area contributed by atoms with Gasteiger partial charge in [-0.1, -0.05) is 13.8 Å². The molecular weight excluding hydrogens is 868 g/mol. The average Bonchev–Trinajstić information content (AvgIpc) is 3.20. The van der Waals surface area contributed by atoms with Crippen LogP contribution in [-0.4, -0.2) is 185 Å². The van der Waals surface area contributed by atoms with E-state index >= 15 is 0 Å². The van der Waals surface area contributed by atoms with Gasteiger partial charge in [0, 0.05) is 0 Å². The summed E-state index contributed by atoms with van der Waals surface area (Å²) in [6.45, 7) is 5.77. The molecule has 7 amide bonds. The Hall–Kier alpha value is -6.21. The number of hydrogen-bond acceptors (Lipinski definition) is 18. The average molecular weight is 933 g/mol. The Kier molecular flexibility index (Phi) is 41.7. The number of aliphatic carboxylic acids is 5. The predicted octanol–water partition coefficient (Wildman–Crippen LogP) is -7.73. The molecule has 0 aromatic heterocycles. The lowest BCUT2D eigenvalue weighted by molar-refractivity contribution is -0.143. The van der Waals surface area contributed by atoms with Crippen LogP contribution >= 0.6 is 11.8 Å². The van der Waals surface area contributed by atoms with Crippen LogP contribution in [0, 0.1) is 5.92 Å². The van der Waals surface area contributed by atoms with Crippen LogP contribution in [0.1, 0.15) is 41.0 Å². The Bertz CT molecular complexity index is 1490. The summed E-state index contributed by atoms with van der Waals surface area (Å²) in [6, 6.07) is -3.91. The molecule has 0 aromatic carbocycles. The second kappa shape index (κ2) is 39.9. The fourth-order valence-electron chi connectivity index (χ4n) is 2.96. The van der Waals surface area contributed by atoms with E-state index < -0.39 is 114 Å². The minimum absolute atomic E-state index is 0.141. The highest BCUT2D eigenvalue weighted by atomic mass is 32.2. The number of carbonyl (C=O) groups is 12. The van der Waals surface area contributed by atoms with Crippen molar-refractivity contribution in [1.82, 2.24) is 37.2 Å². The lowest BCUT2D eigenvalue weighted by Gasteiger charge is -2.16. The van der Waals surface area contributed by atoms with Crippen molar-refractivity contribution in [3.8, 4) is 0 Å². The highest BCUT2D eigenvalue weighted by Gasteiger charge is 2.23. The number of hydrogen-bond donors (Lipinski definition) is 17. The lowest BCUT2D eigenvalue weighted by Crippen LogP contribution is -2.47. The highest BCUT2D eigenvalue weighted by Crippen LogP contribution is 2.02. The van der Waals surface area contributed by atoms with Crippen molar-refractivity contribution in [3.05, 3.63) is 0 Å². The van der Waals surface area contributed by atoms with E-state index in [1.807, 2.05) is 6.26 Å². The number of carbonyl (C=O) groups excluding carboxylic acids is 7. The van der Waals surface area contributed by atoms with Crippen molar-refractivity contribution in [2.24, 2.45) is 34.6 Å². The zero-order chi connectivity index (χ0) is 50.4. The monoisotopic (exact) mass is 932 g/mol. The van der Waals surface area contributed by atoms with Crippen LogP contribution in [0.4, 0.5) is 0 Å². The third kappa shape index (κ3) is 45.2. The van der Waals surface area contributed by atoms with Gasteiger partial charge in [0.05, 0.1) is 44.8 Å². The fraction of sp³-hybridized carbons (Fsp3) is 0.636. The minimum Gasteiger partial charge on any atom is -0.480 e. The topological polar surface area (TPSA) is 520 Å². The van der Waals surface area contributed by atoms with E-state index in [1.54, 1.807) is 13.8 Å². The van der Waals surface area contributed by atoms with Gasteiger partial charge in [-0.2, -0.15) is 11.8 Å². The van der Waals surface area contributed by atoms with Gasteiger partial charge in [-0.3, -0.25) is 47.9 Å². The van der Waals surface area contributed by atoms with Crippen LogP contribution in [0.2, 0.25) is 0 Å². The number of carboxylic acids is 5. The van der Waals surface area contributed by atoms with Gasteiger partial charge in [0.25, 0.3) is 0 Å². The van der Waals surface area contributed by atoms with E-state index in [2.05, 4.69) is 37.2 Å². The first-order valence-corrected chi connectivity index (χ1v) is 19.6. The van der Waals surface area contributed by atoms with Crippen LogP contribution in [0.3, 0.4) is 0 Å². The normalized spacial score (nSPS) is 12.0. The van der Waals surface area contributed by atoms with Crippen LogP contribution < -0.4 is 65.9 Å². The molecule has 0 bridgehead atoms. The maximum atomic E-state index is 11.1. The van der Waals surface area contributed by atoms with Gasteiger partial charge in [0.1, 0.15) is 31.2 Å². The molecule has 30 heteroatoms. The number of rotatable bonds is 23. The first-order valence-electron chi connectivity index (χ1n) is 18.2. The van der Waals surface area contributed by atoms with Crippen molar-refractivity contribution in [3.63, 3.8) is 0 Å². The molecule has 0 saturated heterocycles. The maximum absolute atomic E-state index is 11.1. The second-order valence-electron chi connectivity index (χ2n) is 12.5. The molecule has 5 atom stereocenters. The molecular formula is C33H64N12O17S. The standard InChI is InChI=1S/C8H16N2O3S.C7H13N3O4.C7H14N2O3.C6H11N3O4.C5H10N2O3/c1-5(9)7(11)10-6(8(12)13)3-4-14-2;1-4(8)7(14)10-2-5(11)9-3-6(12)13;1-4(2)6(7(11)12)9-5(10)3-8;7-1-4(10)8-2-5(11)9-3-6(12)13;1-3(5(9)10)7-4(8)2-6/h5-6H,3-4,9H2,1-2H3,(H,10,11)(H,12,13);4H,2-3,8H2,1H3,(H,9,11)(H,10,14)(H,12,13);4,6H,3,8H2,1-2H3,(H,9,10)(H,11,12);1-3,7H2,(H,8,10)(H,9,11)(H,12,13);3H,2,6H2,1H3,(H,7,8)(H,9,10)/t5-,6-;;6-;;3-/m0.0.0/s1. The molecule has 63 heavy (non-hydrogen) atoms. The summed E-state index contributed by atoms with van der Waals surface area (Å²) in [4.78, 5) is 127. The molecule has 0 spiro atoms. The number of nitrogens with one attached hydrogen (secondary N) is 7. The van der Waals surface area contributed by atoms with Crippen LogP contribution in [0.5, 0.6) is 0 Å². The second-order valence-corrected chi connectivity index (χ2v) is 13.4. The fourth-order valence-corrected chi connectivity index (χ4v) is 3.43. The Morgan fingerprint density at radius 1 is 0.492 bits per heavy atom. The van der Waals surface area contributed by atoms with Gasteiger partial charge in [-0.15, -0.1) is 0 Å². The molecule has 1 unspecified atom stereocenters. The maximum Gasteiger partial charge on any atom is 0.326 e. The van der Waals surface area contributed by atoms with Gasteiger partial charge in [0.2, 0.25) is 41.4 Å². The molecule has 0 rings (SSSR count). The van der Waals surface area contributed by atoms with Crippen LogP contribution in [-0.2, 0) is 57.5 Å². The summed E-state index contributed by atoms with van der Waals surface area (Å²) < 4.78 is 0. The highest BCUT2D eigenvalue weighted by molar-refractivity contribution is 7.98. The van der Waals surface area contributed by atoms with E-state index in [1.165, 1.54) is 32.5 Å². The first-order chi connectivity index (χ1) is 29.0. The number of carboxylic acid groups (broad SMARTS) is 5. The zero-order valence-electron chi connectivity index (χ0n) is 35.8. The number of amides is 7. The molecule has 0 aromatic rings. The van der Waals surface area contributed by atoms with Crippen molar-refractivity contribution in [1.29, 1.82) is 0 Å². The molecule has 0 fully saturated rings. The third-order valence-corrected chi connectivity index (χ3v) is 6.99. The molecule has 0 aliphatic rings. The zero-order valence-corrected chi connectivity index (χ0v) is 36.6. The molecule has 22 N–H and O–H groups in total. The van der Waals surface area contributed by atoms with Crippen molar-refractivity contribution < 1.29 is 83.1 Å². The van der Waals surface area contributed by atoms with Crippen molar-refractivity contribution in [2.45, 2.75) is 71.2 Å². The third-order valence-electron chi connectivity index (χ3n) is 6.35. The number of nitrogens with two attached hydrogens (primary N) is 5. The summed E-state index contributed by atoms with van der Waals surface area (Å²) >= 11 is 1.54.